The minimum atomic E-state index is -0.211. The highest BCUT2D eigenvalue weighted by Gasteiger charge is 2.16. The summed E-state index contributed by atoms with van der Waals surface area (Å²) in [4.78, 5) is 12.0. The number of carbonyl (C=O) groups is 1. The number of fused-ring (bicyclic) bond motifs is 1. The van der Waals surface area contributed by atoms with Crippen LogP contribution in [0.3, 0.4) is 0 Å². The lowest BCUT2D eigenvalue weighted by Gasteiger charge is -2.21. The molecule has 126 valence electrons. The van der Waals surface area contributed by atoms with E-state index in [2.05, 4.69) is 5.32 Å². The second-order valence-electron chi connectivity index (χ2n) is 5.44. The molecule has 1 unspecified atom stereocenters. The molecule has 24 heavy (non-hydrogen) atoms. The molecule has 1 heterocycles. The molecule has 1 atom stereocenters. The van der Waals surface area contributed by atoms with Gasteiger partial charge < -0.3 is 19.5 Å². The molecule has 6 heteroatoms. The minimum absolute atomic E-state index is 0.0742. The van der Waals surface area contributed by atoms with E-state index in [1.54, 1.807) is 24.3 Å². The van der Waals surface area contributed by atoms with E-state index in [4.69, 9.17) is 25.8 Å². The van der Waals surface area contributed by atoms with E-state index < -0.39 is 0 Å². The standard InChI is InChI=1S/C18H18ClNO4/c1-12(13-5-6-16-17(9-13)23-8-7-22-16)20-18(21)11-24-15-4-2-3-14(19)10-15/h2-6,9-10,12H,7-8,11H2,1H3,(H,20,21). The van der Waals surface area contributed by atoms with Crippen LogP contribution in [0.1, 0.15) is 18.5 Å². The highest BCUT2D eigenvalue weighted by atomic mass is 35.5. The predicted molar refractivity (Wildman–Crippen MR) is 90.9 cm³/mol. The van der Waals surface area contributed by atoms with Crippen LogP contribution in [0.4, 0.5) is 0 Å². The molecule has 1 aliphatic rings. The fourth-order valence-electron chi connectivity index (χ4n) is 2.40. The Kier molecular flexibility index (Phi) is 5.11. The van der Waals surface area contributed by atoms with E-state index >= 15 is 0 Å². The molecule has 5 nitrogen and oxygen atoms in total. The lowest BCUT2D eigenvalue weighted by Crippen LogP contribution is -2.31. The molecule has 2 aromatic carbocycles. The average Bonchev–Trinajstić information content (AvgIpc) is 2.59. The smallest absolute Gasteiger partial charge is 0.258 e. The first-order chi connectivity index (χ1) is 11.6. The number of hydrogen-bond acceptors (Lipinski definition) is 4. The molecule has 0 bridgehead atoms. The molecule has 1 amide bonds. The Morgan fingerprint density at radius 2 is 2.00 bits per heavy atom. The van der Waals surface area contributed by atoms with E-state index in [1.807, 2.05) is 25.1 Å². The van der Waals surface area contributed by atoms with Crippen molar-refractivity contribution in [3.8, 4) is 17.2 Å². The molecule has 2 aromatic rings. The Balaban J connectivity index is 1.56. The number of ether oxygens (including phenoxy) is 3. The topological polar surface area (TPSA) is 56.8 Å². The summed E-state index contributed by atoms with van der Waals surface area (Å²) in [5.74, 6) is 1.78. The van der Waals surface area contributed by atoms with Gasteiger partial charge in [0.15, 0.2) is 18.1 Å². The Morgan fingerprint density at radius 1 is 1.21 bits per heavy atom. The Labute approximate surface area is 145 Å². The largest absolute Gasteiger partial charge is 0.486 e. The van der Waals surface area contributed by atoms with Gasteiger partial charge in [-0.2, -0.15) is 0 Å². The molecular formula is C18H18ClNO4. The number of amides is 1. The molecular weight excluding hydrogens is 330 g/mol. The number of benzene rings is 2. The van der Waals surface area contributed by atoms with Crippen molar-refractivity contribution >= 4 is 17.5 Å². The maximum absolute atomic E-state index is 12.0. The third-order valence-electron chi connectivity index (χ3n) is 3.61. The van der Waals surface area contributed by atoms with Gasteiger partial charge in [0, 0.05) is 5.02 Å². The Bertz CT molecular complexity index is 735. The van der Waals surface area contributed by atoms with Crippen molar-refractivity contribution in [1.29, 1.82) is 0 Å². The normalized spacial score (nSPS) is 13.9. The van der Waals surface area contributed by atoms with Crippen molar-refractivity contribution < 1.29 is 19.0 Å². The lowest BCUT2D eigenvalue weighted by atomic mass is 10.1. The van der Waals surface area contributed by atoms with Gasteiger partial charge >= 0.3 is 0 Å². The summed E-state index contributed by atoms with van der Waals surface area (Å²) in [5.41, 5.74) is 0.940. The van der Waals surface area contributed by atoms with Crippen LogP contribution in [-0.4, -0.2) is 25.7 Å². The molecule has 1 aliphatic heterocycles. The molecule has 0 fully saturated rings. The van der Waals surface area contributed by atoms with Crippen molar-refractivity contribution in [3.63, 3.8) is 0 Å². The van der Waals surface area contributed by atoms with Crippen LogP contribution in [0.15, 0.2) is 42.5 Å². The van der Waals surface area contributed by atoms with Gasteiger partial charge in [0.2, 0.25) is 0 Å². The van der Waals surface area contributed by atoms with Crippen LogP contribution in [-0.2, 0) is 4.79 Å². The van der Waals surface area contributed by atoms with Crippen molar-refractivity contribution in [2.45, 2.75) is 13.0 Å². The molecule has 1 N–H and O–H groups in total. The van der Waals surface area contributed by atoms with Gasteiger partial charge in [-0.1, -0.05) is 23.7 Å². The second-order valence-corrected chi connectivity index (χ2v) is 5.87. The summed E-state index contributed by atoms with van der Waals surface area (Å²) in [6, 6.07) is 12.4. The third-order valence-corrected chi connectivity index (χ3v) is 3.84. The van der Waals surface area contributed by atoms with Crippen molar-refractivity contribution in [3.05, 3.63) is 53.1 Å². The third kappa shape index (κ3) is 4.11. The summed E-state index contributed by atoms with van der Waals surface area (Å²) < 4.78 is 16.5. The van der Waals surface area contributed by atoms with E-state index in [1.165, 1.54) is 0 Å². The number of carbonyl (C=O) groups excluding carboxylic acids is 1. The predicted octanol–water partition coefficient (Wildman–Crippen LogP) is 3.37. The summed E-state index contributed by atoms with van der Waals surface area (Å²) in [6.07, 6.45) is 0. The molecule has 3 rings (SSSR count). The van der Waals surface area contributed by atoms with Crippen molar-refractivity contribution in [1.82, 2.24) is 5.32 Å². The van der Waals surface area contributed by atoms with Gasteiger partial charge in [0.05, 0.1) is 6.04 Å². The SMILES string of the molecule is CC(NC(=O)COc1cccc(Cl)c1)c1ccc2c(c1)OCCO2. The molecule has 0 saturated carbocycles. The molecule has 0 saturated heterocycles. The van der Waals surface area contributed by atoms with Crippen LogP contribution in [0, 0.1) is 0 Å². The van der Waals surface area contributed by atoms with Crippen LogP contribution in [0.2, 0.25) is 5.02 Å². The van der Waals surface area contributed by atoms with Crippen LogP contribution >= 0.6 is 11.6 Å². The average molecular weight is 348 g/mol. The van der Waals surface area contributed by atoms with Crippen LogP contribution in [0.5, 0.6) is 17.2 Å². The zero-order chi connectivity index (χ0) is 16.9. The monoisotopic (exact) mass is 347 g/mol. The summed E-state index contributed by atoms with van der Waals surface area (Å²) in [7, 11) is 0. The summed E-state index contributed by atoms with van der Waals surface area (Å²) in [5, 5.41) is 3.46. The minimum Gasteiger partial charge on any atom is -0.486 e. The maximum atomic E-state index is 12.0. The highest BCUT2D eigenvalue weighted by Crippen LogP contribution is 2.32. The number of rotatable bonds is 5. The zero-order valence-corrected chi connectivity index (χ0v) is 14.0. The van der Waals surface area contributed by atoms with E-state index in [0.717, 1.165) is 11.3 Å². The molecule has 0 radical (unpaired) electrons. The van der Waals surface area contributed by atoms with Crippen molar-refractivity contribution in [2.75, 3.05) is 19.8 Å². The Hall–Kier alpha value is -2.40. The molecule has 0 aromatic heterocycles. The first-order valence-corrected chi connectivity index (χ1v) is 8.07. The zero-order valence-electron chi connectivity index (χ0n) is 13.3. The quantitative estimate of drug-likeness (QED) is 0.901. The second kappa shape index (κ2) is 7.45. The first kappa shape index (κ1) is 16.5. The van der Waals surface area contributed by atoms with E-state index in [-0.39, 0.29) is 18.6 Å². The van der Waals surface area contributed by atoms with E-state index in [0.29, 0.717) is 29.7 Å². The fourth-order valence-corrected chi connectivity index (χ4v) is 2.58. The van der Waals surface area contributed by atoms with Gasteiger partial charge in [-0.05, 0) is 42.8 Å². The number of nitrogens with one attached hydrogen (secondary N) is 1. The van der Waals surface area contributed by atoms with Gasteiger partial charge in [-0.3, -0.25) is 4.79 Å². The lowest BCUT2D eigenvalue weighted by molar-refractivity contribution is -0.123. The van der Waals surface area contributed by atoms with Gasteiger partial charge in [-0.25, -0.2) is 0 Å². The molecule has 0 spiro atoms. The fraction of sp³-hybridized carbons (Fsp3) is 0.278. The van der Waals surface area contributed by atoms with Crippen molar-refractivity contribution in [2.24, 2.45) is 0 Å². The van der Waals surface area contributed by atoms with Gasteiger partial charge in [-0.15, -0.1) is 0 Å². The van der Waals surface area contributed by atoms with Gasteiger partial charge in [0.25, 0.3) is 5.91 Å². The maximum Gasteiger partial charge on any atom is 0.258 e. The summed E-state index contributed by atoms with van der Waals surface area (Å²) >= 11 is 5.88. The van der Waals surface area contributed by atoms with Crippen LogP contribution in [0.25, 0.3) is 0 Å². The number of halogens is 1. The number of hydrogen-bond donors (Lipinski definition) is 1. The van der Waals surface area contributed by atoms with Gasteiger partial charge in [0.1, 0.15) is 19.0 Å². The van der Waals surface area contributed by atoms with Crippen LogP contribution < -0.4 is 19.5 Å². The molecule has 0 aliphatic carbocycles. The summed E-state index contributed by atoms with van der Waals surface area (Å²) in [6.45, 7) is 2.92. The van der Waals surface area contributed by atoms with E-state index in [9.17, 15) is 4.79 Å². The Morgan fingerprint density at radius 3 is 2.79 bits per heavy atom. The first-order valence-electron chi connectivity index (χ1n) is 7.69. The highest BCUT2D eigenvalue weighted by molar-refractivity contribution is 6.30.